The van der Waals surface area contributed by atoms with Crippen LogP contribution in [0.1, 0.15) is 22.7 Å². The van der Waals surface area contributed by atoms with E-state index in [0.717, 1.165) is 21.2 Å². The van der Waals surface area contributed by atoms with Gasteiger partial charge in [0.1, 0.15) is 13.2 Å². The molecular formula is C23H19BrN2O3. The Hall–Kier alpha value is -3.12. The zero-order chi connectivity index (χ0) is 20.2. The second-order valence-electron chi connectivity index (χ2n) is 6.76. The van der Waals surface area contributed by atoms with E-state index in [1.807, 2.05) is 78.9 Å². The SMILES string of the molecule is O=C1CN(C(=O)OCc2ccccc2)C(c2ccccc2)c2cc(Br)ccc2N1. The van der Waals surface area contributed by atoms with Gasteiger partial charge in [0, 0.05) is 15.7 Å². The van der Waals surface area contributed by atoms with E-state index < -0.39 is 12.1 Å². The average molecular weight is 451 g/mol. The molecule has 1 N–H and O–H groups in total. The van der Waals surface area contributed by atoms with Crippen molar-refractivity contribution in [3.05, 3.63) is 100 Å². The fourth-order valence-electron chi connectivity index (χ4n) is 3.44. The Kier molecular flexibility index (Phi) is 5.62. The molecule has 0 saturated carbocycles. The lowest BCUT2D eigenvalue weighted by Gasteiger charge is -2.29. The Morgan fingerprint density at radius 1 is 1.03 bits per heavy atom. The van der Waals surface area contributed by atoms with Crippen LogP contribution in [0.5, 0.6) is 0 Å². The van der Waals surface area contributed by atoms with E-state index in [1.165, 1.54) is 4.90 Å². The first-order valence-electron chi connectivity index (χ1n) is 9.23. The van der Waals surface area contributed by atoms with Crippen LogP contribution in [0.3, 0.4) is 0 Å². The summed E-state index contributed by atoms with van der Waals surface area (Å²) in [5.74, 6) is -0.260. The maximum absolute atomic E-state index is 13.1. The molecule has 3 aromatic carbocycles. The number of carbonyl (C=O) groups excluding carboxylic acids is 2. The number of nitrogens with zero attached hydrogens (tertiary/aromatic N) is 1. The van der Waals surface area contributed by atoms with Gasteiger partial charge in [-0.15, -0.1) is 0 Å². The Balaban J connectivity index is 1.71. The second kappa shape index (κ2) is 8.49. The van der Waals surface area contributed by atoms with Gasteiger partial charge in [0.05, 0.1) is 6.04 Å². The molecule has 4 rings (SSSR count). The molecule has 5 nitrogen and oxygen atoms in total. The van der Waals surface area contributed by atoms with Crippen molar-refractivity contribution in [3.63, 3.8) is 0 Å². The summed E-state index contributed by atoms with van der Waals surface area (Å²) in [4.78, 5) is 27.1. The molecule has 146 valence electrons. The van der Waals surface area contributed by atoms with Crippen molar-refractivity contribution in [3.8, 4) is 0 Å². The molecule has 29 heavy (non-hydrogen) atoms. The topological polar surface area (TPSA) is 58.6 Å². The van der Waals surface area contributed by atoms with Crippen LogP contribution in [0.15, 0.2) is 83.3 Å². The van der Waals surface area contributed by atoms with E-state index >= 15 is 0 Å². The van der Waals surface area contributed by atoms with Gasteiger partial charge in [-0.25, -0.2) is 4.79 Å². The zero-order valence-corrected chi connectivity index (χ0v) is 17.1. The monoisotopic (exact) mass is 450 g/mol. The summed E-state index contributed by atoms with van der Waals surface area (Å²) >= 11 is 3.50. The molecule has 0 fully saturated rings. The summed E-state index contributed by atoms with van der Waals surface area (Å²) in [5, 5.41) is 2.90. The first-order chi connectivity index (χ1) is 14.1. The highest BCUT2D eigenvalue weighted by atomic mass is 79.9. The molecule has 1 aliphatic rings. The summed E-state index contributed by atoms with van der Waals surface area (Å²) < 4.78 is 6.43. The highest BCUT2D eigenvalue weighted by Gasteiger charge is 2.34. The van der Waals surface area contributed by atoms with Crippen molar-refractivity contribution in [2.75, 3.05) is 11.9 Å². The molecule has 1 atom stereocenters. The first-order valence-corrected chi connectivity index (χ1v) is 10.0. The lowest BCUT2D eigenvalue weighted by Crippen LogP contribution is -2.39. The van der Waals surface area contributed by atoms with Crippen molar-refractivity contribution >= 4 is 33.6 Å². The van der Waals surface area contributed by atoms with Crippen molar-refractivity contribution in [1.29, 1.82) is 0 Å². The predicted octanol–water partition coefficient (Wildman–Crippen LogP) is 5.13. The number of anilines is 1. The third-order valence-electron chi connectivity index (χ3n) is 4.76. The molecule has 0 radical (unpaired) electrons. The van der Waals surface area contributed by atoms with E-state index in [2.05, 4.69) is 21.2 Å². The van der Waals surface area contributed by atoms with Crippen LogP contribution < -0.4 is 5.32 Å². The molecule has 0 aromatic heterocycles. The van der Waals surface area contributed by atoms with Crippen LogP contribution >= 0.6 is 15.9 Å². The van der Waals surface area contributed by atoms with E-state index in [0.29, 0.717) is 5.69 Å². The third-order valence-corrected chi connectivity index (χ3v) is 5.26. The van der Waals surface area contributed by atoms with Crippen molar-refractivity contribution in [2.45, 2.75) is 12.6 Å². The number of ether oxygens (including phenoxy) is 1. The quantitative estimate of drug-likeness (QED) is 0.601. The zero-order valence-electron chi connectivity index (χ0n) is 15.5. The minimum absolute atomic E-state index is 0.0977. The van der Waals surface area contributed by atoms with Gasteiger partial charge in [-0.05, 0) is 29.3 Å². The van der Waals surface area contributed by atoms with Gasteiger partial charge in [0.2, 0.25) is 5.91 Å². The summed E-state index contributed by atoms with van der Waals surface area (Å²) in [6, 6.07) is 24.3. The minimum Gasteiger partial charge on any atom is -0.445 e. The van der Waals surface area contributed by atoms with Crippen molar-refractivity contribution in [2.24, 2.45) is 0 Å². The van der Waals surface area contributed by atoms with E-state index in [4.69, 9.17) is 4.74 Å². The third kappa shape index (κ3) is 4.32. The maximum Gasteiger partial charge on any atom is 0.411 e. The van der Waals surface area contributed by atoms with Gasteiger partial charge in [-0.3, -0.25) is 9.69 Å². The van der Waals surface area contributed by atoms with Gasteiger partial charge in [-0.2, -0.15) is 0 Å². The lowest BCUT2D eigenvalue weighted by molar-refractivity contribution is -0.117. The fourth-order valence-corrected chi connectivity index (χ4v) is 3.82. The number of hydrogen-bond donors (Lipinski definition) is 1. The largest absolute Gasteiger partial charge is 0.445 e. The molecule has 0 spiro atoms. The Morgan fingerprint density at radius 3 is 2.45 bits per heavy atom. The smallest absolute Gasteiger partial charge is 0.411 e. The second-order valence-corrected chi connectivity index (χ2v) is 7.68. The highest BCUT2D eigenvalue weighted by Crippen LogP contribution is 2.37. The Bertz CT molecular complexity index is 1020. The van der Waals surface area contributed by atoms with Crippen LogP contribution in [-0.4, -0.2) is 23.4 Å². The van der Waals surface area contributed by atoms with Crippen LogP contribution in [0.25, 0.3) is 0 Å². The minimum atomic E-state index is -0.536. The van der Waals surface area contributed by atoms with Crippen LogP contribution in [0.2, 0.25) is 0 Å². The molecule has 0 bridgehead atoms. The summed E-state index contributed by atoms with van der Waals surface area (Å²) in [6.07, 6.45) is -0.536. The molecule has 6 heteroatoms. The number of carbonyl (C=O) groups is 2. The maximum atomic E-state index is 13.1. The molecule has 2 amide bonds. The van der Waals surface area contributed by atoms with Gasteiger partial charge in [0.25, 0.3) is 0 Å². The summed E-state index contributed by atoms with van der Waals surface area (Å²) in [6.45, 7) is 0.0458. The number of halogens is 1. The van der Waals surface area contributed by atoms with Crippen LogP contribution in [0, 0.1) is 0 Å². The Labute approximate surface area is 177 Å². The van der Waals surface area contributed by atoms with E-state index in [-0.39, 0.29) is 19.1 Å². The molecule has 1 unspecified atom stereocenters. The summed E-state index contributed by atoms with van der Waals surface area (Å²) in [5.41, 5.74) is 3.30. The van der Waals surface area contributed by atoms with E-state index in [9.17, 15) is 9.59 Å². The number of rotatable bonds is 3. The van der Waals surface area contributed by atoms with Crippen LogP contribution in [0.4, 0.5) is 10.5 Å². The molecular weight excluding hydrogens is 432 g/mol. The van der Waals surface area contributed by atoms with Crippen molar-refractivity contribution in [1.82, 2.24) is 4.90 Å². The predicted molar refractivity (Wildman–Crippen MR) is 114 cm³/mol. The summed E-state index contributed by atoms with van der Waals surface area (Å²) in [7, 11) is 0. The number of nitrogens with one attached hydrogen (secondary N) is 1. The average Bonchev–Trinajstić information content (AvgIpc) is 2.89. The standard InChI is InChI=1S/C23H19BrN2O3/c24-18-11-12-20-19(13-18)22(17-9-5-2-6-10-17)26(14-21(27)25-20)23(28)29-15-16-7-3-1-4-8-16/h1-13,22H,14-15H2,(H,25,27). The highest BCUT2D eigenvalue weighted by molar-refractivity contribution is 9.10. The molecule has 0 aliphatic carbocycles. The normalized spacial score (nSPS) is 15.8. The van der Waals surface area contributed by atoms with E-state index in [1.54, 1.807) is 0 Å². The first kappa shape index (κ1) is 19.2. The van der Waals surface area contributed by atoms with Gasteiger partial charge < -0.3 is 10.1 Å². The number of amides is 2. The van der Waals surface area contributed by atoms with Gasteiger partial charge in [-0.1, -0.05) is 76.6 Å². The lowest BCUT2D eigenvalue weighted by atomic mass is 9.96. The molecule has 1 heterocycles. The number of fused-ring (bicyclic) bond motifs is 1. The molecule has 1 aliphatic heterocycles. The Morgan fingerprint density at radius 2 is 1.72 bits per heavy atom. The van der Waals surface area contributed by atoms with Gasteiger partial charge in [0.15, 0.2) is 0 Å². The van der Waals surface area contributed by atoms with Crippen LogP contribution in [-0.2, 0) is 16.1 Å². The number of benzene rings is 3. The van der Waals surface area contributed by atoms with Gasteiger partial charge >= 0.3 is 6.09 Å². The molecule has 0 saturated heterocycles. The molecule has 3 aromatic rings. The number of hydrogen-bond acceptors (Lipinski definition) is 3. The van der Waals surface area contributed by atoms with Crippen molar-refractivity contribution < 1.29 is 14.3 Å². The fraction of sp³-hybridized carbons (Fsp3) is 0.130.